The van der Waals surface area contributed by atoms with E-state index in [0.717, 1.165) is 0 Å². The Balaban J connectivity index is 1.78. The van der Waals surface area contributed by atoms with Gasteiger partial charge in [-0.05, 0) is 43.2 Å². The molecule has 1 aliphatic rings. The highest BCUT2D eigenvalue weighted by Gasteiger charge is 2.24. The topological polar surface area (TPSA) is 46.6 Å². The molecule has 3 rings (SSSR count). The SMILES string of the molecule is CC(=O)c1ccc2c(c1)N(C(=O)CCc1ccccc1F)CCO2. The van der Waals surface area contributed by atoms with Crippen LogP contribution in [-0.2, 0) is 11.2 Å². The molecular weight excluding hydrogens is 309 g/mol. The normalized spacial score (nSPS) is 13.2. The van der Waals surface area contributed by atoms with Gasteiger partial charge >= 0.3 is 0 Å². The zero-order valence-electron chi connectivity index (χ0n) is 13.4. The Kier molecular flexibility index (Phi) is 4.60. The Labute approximate surface area is 139 Å². The van der Waals surface area contributed by atoms with Crippen molar-refractivity contribution in [2.75, 3.05) is 18.1 Å². The fourth-order valence-electron chi connectivity index (χ4n) is 2.77. The standard InChI is InChI=1S/C19H18FNO3/c1-13(22)15-6-8-18-17(12-15)21(10-11-24-18)19(23)9-7-14-4-2-3-5-16(14)20/h2-6,8,12H,7,9-11H2,1H3. The summed E-state index contributed by atoms with van der Waals surface area (Å²) in [5, 5.41) is 0. The molecule has 0 saturated heterocycles. The molecule has 5 heteroatoms. The van der Waals surface area contributed by atoms with Crippen molar-refractivity contribution in [2.45, 2.75) is 19.8 Å². The van der Waals surface area contributed by atoms with Crippen molar-refractivity contribution < 1.29 is 18.7 Å². The summed E-state index contributed by atoms with van der Waals surface area (Å²) in [6.45, 7) is 2.30. The quantitative estimate of drug-likeness (QED) is 0.809. The molecule has 0 saturated carbocycles. The van der Waals surface area contributed by atoms with Crippen LogP contribution in [-0.4, -0.2) is 24.8 Å². The zero-order valence-corrected chi connectivity index (χ0v) is 13.4. The van der Waals surface area contributed by atoms with Crippen molar-refractivity contribution in [1.29, 1.82) is 0 Å². The number of halogens is 1. The fraction of sp³-hybridized carbons (Fsp3) is 0.263. The molecule has 0 spiro atoms. The van der Waals surface area contributed by atoms with E-state index >= 15 is 0 Å². The predicted octanol–water partition coefficient (Wildman–Crippen LogP) is 3.39. The number of hydrogen-bond donors (Lipinski definition) is 0. The van der Waals surface area contributed by atoms with E-state index in [-0.39, 0.29) is 23.9 Å². The monoisotopic (exact) mass is 327 g/mol. The molecule has 4 nitrogen and oxygen atoms in total. The van der Waals surface area contributed by atoms with Gasteiger partial charge in [-0.25, -0.2) is 4.39 Å². The first-order valence-corrected chi connectivity index (χ1v) is 7.88. The van der Waals surface area contributed by atoms with Gasteiger partial charge < -0.3 is 9.64 Å². The Morgan fingerprint density at radius 2 is 2.00 bits per heavy atom. The van der Waals surface area contributed by atoms with E-state index in [1.807, 2.05) is 0 Å². The van der Waals surface area contributed by atoms with Gasteiger partial charge in [0.15, 0.2) is 5.78 Å². The van der Waals surface area contributed by atoms with Crippen LogP contribution in [0.25, 0.3) is 0 Å². The van der Waals surface area contributed by atoms with Gasteiger partial charge in [-0.2, -0.15) is 0 Å². The molecule has 124 valence electrons. The minimum absolute atomic E-state index is 0.0675. The van der Waals surface area contributed by atoms with Crippen LogP contribution in [0.3, 0.4) is 0 Å². The van der Waals surface area contributed by atoms with Gasteiger partial charge in [0.05, 0.1) is 12.2 Å². The molecule has 0 aromatic heterocycles. The molecular formula is C19H18FNO3. The van der Waals surface area contributed by atoms with E-state index in [1.54, 1.807) is 41.3 Å². The van der Waals surface area contributed by atoms with E-state index in [4.69, 9.17) is 4.74 Å². The number of amides is 1. The highest BCUT2D eigenvalue weighted by atomic mass is 19.1. The van der Waals surface area contributed by atoms with E-state index in [2.05, 4.69) is 0 Å². The third-order valence-corrected chi connectivity index (χ3v) is 4.10. The lowest BCUT2D eigenvalue weighted by molar-refractivity contribution is -0.118. The van der Waals surface area contributed by atoms with Crippen LogP contribution in [0.15, 0.2) is 42.5 Å². The average molecular weight is 327 g/mol. The number of carbonyl (C=O) groups excluding carboxylic acids is 2. The number of nitrogens with zero attached hydrogens (tertiary/aromatic N) is 1. The summed E-state index contributed by atoms with van der Waals surface area (Å²) in [6, 6.07) is 11.5. The maximum absolute atomic E-state index is 13.7. The minimum Gasteiger partial charge on any atom is -0.490 e. The number of hydrogen-bond acceptors (Lipinski definition) is 3. The molecule has 0 unspecified atom stereocenters. The average Bonchev–Trinajstić information content (AvgIpc) is 2.59. The minimum atomic E-state index is -0.299. The van der Waals surface area contributed by atoms with Crippen molar-refractivity contribution in [2.24, 2.45) is 0 Å². The van der Waals surface area contributed by atoms with E-state index in [0.29, 0.717) is 42.1 Å². The largest absolute Gasteiger partial charge is 0.490 e. The highest BCUT2D eigenvalue weighted by Crippen LogP contribution is 2.33. The van der Waals surface area contributed by atoms with Crippen LogP contribution in [0.2, 0.25) is 0 Å². The second-order valence-corrected chi connectivity index (χ2v) is 5.72. The third kappa shape index (κ3) is 3.30. The lowest BCUT2D eigenvalue weighted by atomic mass is 10.1. The number of Topliss-reactive ketones (excluding diaryl/α,β-unsaturated/α-hetero) is 1. The van der Waals surface area contributed by atoms with Crippen LogP contribution in [0.4, 0.5) is 10.1 Å². The molecule has 1 aliphatic heterocycles. The number of ether oxygens (including phenoxy) is 1. The molecule has 0 atom stereocenters. The van der Waals surface area contributed by atoms with Gasteiger partial charge in [0.2, 0.25) is 5.91 Å². The second kappa shape index (κ2) is 6.83. The zero-order chi connectivity index (χ0) is 17.1. The Morgan fingerprint density at radius 3 is 2.75 bits per heavy atom. The number of rotatable bonds is 4. The van der Waals surface area contributed by atoms with Gasteiger partial charge in [-0.1, -0.05) is 18.2 Å². The first-order chi connectivity index (χ1) is 11.6. The molecule has 1 amide bonds. The van der Waals surface area contributed by atoms with Crippen LogP contribution in [0.1, 0.15) is 29.3 Å². The summed E-state index contributed by atoms with van der Waals surface area (Å²) < 4.78 is 19.2. The first-order valence-electron chi connectivity index (χ1n) is 7.88. The first kappa shape index (κ1) is 16.2. The van der Waals surface area contributed by atoms with Crippen molar-refractivity contribution in [1.82, 2.24) is 0 Å². The number of anilines is 1. The Morgan fingerprint density at radius 1 is 1.21 bits per heavy atom. The highest BCUT2D eigenvalue weighted by molar-refractivity contribution is 5.99. The van der Waals surface area contributed by atoms with Gasteiger partial charge in [0, 0.05) is 12.0 Å². The van der Waals surface area contributed by atoms with Gasteiger partial charge in [0.1, 0.15) is 18.2 Å². The van der Waals surface area contributed by atoms with Crippen molar-refractivity contribution in [3.8, 4) is 5.75 Å². The fourth-order valence-corrected chi connectivity index (χ4v) is 2.77. The molecule has 0 bridgehead atoms. The predicted molar refractivity (Wildman–Crippen MR) is 89.0 cm³/mol. The van der Waals surface area contributed by atoms with Crippen molar-refractivity contribution >= 4 is 17.4 Å². The number of ketones is 1. The number of fused-ring (bicyclic) bond motifs is 1. The van der Waals surface area contributed by atoms with Crippen LogP contribution < -0.4 is 9.64 Å². The number of carbonyl (C=O) groups is 2. The maximum atomic E-state index is 13.7. The van der Waals surface area contributed by atoms with Gasteiger partial charge in [0.25, 0.3) is 0 Å². The summed E-state index contributed by atoms with van der Waals surface area (Å²) in [5.41, 5.74) is 1.66. The molecule has 0 radical (unpaired) electrons. The second-order valence-electron chi connectivity index (χ2n) is 5.72. The molecule has 1 heterocycles. The molecule has 0 N–H and O–H groups in total. The van der Waals surface area contributed by atoms with E-state index < -0.39 is 0 Å². The molecule has 0 fully saturated rings. The Hall–Kier alpha value is -2.69. The molecule has 2 aromatic carbocycles. The lowest BCUT2D eigenvalue weighted by Gasteiger charge is -2.30. The van der Waals surface area contributed by atoms with Crippen molar-refractivity contribution in [3.05, 3.63) is 59.4 Å². The van der Waals surface area contributed by atoms with Crippen LogP contribution in [0, 0.1) is 5.82 Å². The summed E-state index contributed by atoms with van der Waals surface area (Å²) in [4.78, 5) is 25.8. The Bertz CT molecular complexity index is 788. The maximum Gasteiger partial charge on any atom is 0.227 e. The smallest absolute Gasteiger partial charge is 0.227 e. The summed E-state index contributed by atoms with van der Waals surface area (Å²) in [6.07, 6.45) is 0.537. The van der Waals surface area contributed by atoms with Crippen LogP contribution in [0.5, 0.6) is 5.75 Å². The van der Waals surface area contributed by atoms with E-state index in [9.17, 15) is 14.0 Å². The third-order valence-electron chi connectivity index (χ3n) is 4.10. The number of benzene rings is 2. The lowest BCUT2D eigenvalue weighted by Crippen LogP contribution is -2.38. The molecule has 24 heavy (non-hydrogen) atoms. The molecule has 0 aliphatic carbocycles. The number of aryl methyl sites for hydroxylation is 1. The summed E-state index contributed by atoms with van der Waals surface area (Å²) in [5.74, 6) is 0.114. The molecule has 2 aromatic rings. The summed E-state index contributed by atoms with van der Waals surface area (Å²) >= 11 is 0. The van der Waals surface area contributed by atoms with Gasteiger partial charge in [-0.3, -0.25) is 9.59 Å². The van der Waals surface area contributed by atoms with Crippen LogP contribution >= 0.6 is 0 Å². The van der Waals surface area contributed by atoms with E-state index in [1.165, 1.54) is 13.0 Å². The van der Waals surface area contributed by atoms with Gasteiger partial charge in [-0.15, -0.1) is 0 Å². The van der Waals surface area contributed by atoms with Crippen molar-refractivity contribution in [3.63, 3.8) is 0 Å². The summed E-state index contributed by atoms with van der Waals surface area (Å²) in [7, 11) is 0.